The van der Waals surface area contributed by atoms with Crippen LogP contribution < -0.4 is 0 Å². The number of benzene rings is 1. The molecule has 0 aromatic heterocycles. The molecule has 0 fully saturated rings. The first-order valence-electron chi connectivity index (χ1n) is 5.13. The molecule has 4 nitrogen and oxygen atoms in total. The molecule has 0 aliphatic heterocycles. The van der Waals surface area contributed by atoms with Gasteiger partial charge in [0.1, 0.15) is 0 Å². The minimum atomic E-state index is -2.41. The minimum absolute atomic E-state index is 0. The summed E-state index contributed by atoms with van der Waals surface area (Å²) in [5.74, 6) is -1.53. The van der Waals surface area contributed by atoms with Crippen molar-refractivity contribution in [1.82, 2.24) is 0 Å². The van der Waals surface area contributed by atoms with Crippen molar-refractivity contribution in [2.45, 2.75) is 0 Å². The average molecular weight is 300 g/mol. The normalized spacial score (nSPS) is 12.8. The molecule has 1 N–H and O–H groups in total. The van der Waals surface area contributed by atoms with Gasteiger partial charge in [-0.15, -0.1) is 0 Å². The van der Waals surface area contributed by atoms with Crippen LogP contribution >= 0.6 is 9.44 Å². The van der Waals surface area contributed by atoms with Gasteiger partial charge in [-0.3, -0.25) is 0 Å². The van der Waals surface area contributed by atoms with Crippen LogP contribution in [-0.2, 0) is 4.18 Å². The first kappa shape index (κ1) is 17.8. The van der Waals surface area contributed by atoms with Gasteiger partial charge < -0.3 is 9.29 Å². The fourth-order valence-electron chi connectivity index (χ4n) is 1.16. The number of carboxylic acids is 1. The van der Waals surface area contributed by atoms with Crippen LogP contribution in [0.3, 0.4) is 0 Å². The summed E-state index contributed by atoms with van der Waals surface area (Å²) in [6, 6.07) is 5.85. The van der Waals surface area contributed by atoms with Gasteiger partial charge in [0.05, 0.1) is 11.1 Å². The molecule has 0 bridgehead atoms. The van der Waals surface area contributed by atoms with Crippen LogP contribution in [0.15, 0.2) is 24.3 Å². The first-order chi connectivity index (χ1) is 7.55. The fraction of sp³-hybridized carbons (Fsp3) is 0.333. The van der Waals surface area contributed by atoms with Gasteiger partial charge in [-0.05, 0) is 43.2 Å². The van der Waals surface area contributed by atoms with E-state index in [1.807, 2.05) is 25.0 Å². The zero-order chi connectivity index (χ0) is 13.3. The molecule has 1 rings (SSSR count). The van der Waals surface area contributed by atoms with Crippen LogP contribution in [0.2, 0.25) is 0 Å². The molecule has 0 aliphatic carbocycles. The zero-order valence-corrected chi connectivity index (χ0v) is 11.3. The van der Waals surface area contributed by atoms with Crippen molar-refractivity contribution < 1.29 is 18.9 Å². The molecule has 1 aromatic rings. The van der Waals surface area contributed by atoms with E-state index in [0.717, 1.165) is 0 Å². The van der Waals surface area contributed by atoms with E-state index in [1.54, 1.807) is 6.07 Å². The number of aromatic carboxylic acids is 1. The van der Waals surface area contributed by atoms with E-state index in [2.05, 4.69) is 0 Å². The zero-order valence-electron chi connectivity index (χ0n) is 10.4. The molecule has 0 saturated heterocycles. The summed E-state index contributed by atoms with van der Waals surface area (Å²) in [4.78, 5) is 22.6. The summed E-state index contributed by atoms with van der Waals surface area (Å²) in [6.07, 6.45) is 7.63. The number of hydrogen-bond donors (Lipinski definition) is 2. The Labute approximate surface area is 137 Å². The quantitative estimate of drug-likeness (QED) is 0.649. The molecule has 18 heavy (non-hydrogen) atoms. The predicted octanol–water partition coefficient (Wildman–Crippen LogP) is 1.13. The van der Waals surface area contributed by atoms with E-state index in [4.69, 9.17) is 9.29 Å². The standard InChI is InChI=1S/C12H18O4S.Ca.2H/c1-17(2,3,4)16-12(15)10-7-5-6-9(8-10)11(13)14;;;/h5-8,17H,1-4H3,(H,13,14);;;. The van der Waals surface area contributed by atoms with Crippen molar-refractivity contribution in [3.05, 3.63) is 35.4 Å². The van der Waals surface area contributed by atoms with Crippen molar-refractivity contribution >= 4 is 59.1 Å². The average Bonchev–Trinajstić information content (AvgIpc) is 2.14. The molecule has 0 unspecified atom stereocenters. The summed E-state index contributed by atoms with van der Waals surface area (Å²) in [5.41, 5.74) is 0.352. The van der Waals surface area contributed by atoms with Crippen LogP contribution in [0.1, 0.15) is 20.7 Å². The molecule has 0 amide bonds. The van der Waals surface area contributed by atoms with Crippen molar-refractivity contribution in [1.29, 1.82) is 0 Å². The van der Waals surface area contributed by atoms with Gasteiger partial charge in [0.15, 0.2) is 0 Å². The van der Waals surface area contributed by atoms with Gasteiger partial charge in [-0.1, -0.05) is 6.07 Å². The Kier molecular flexibility index (Phi) is 5.75. The molecule has 0 spiro atoms. The van der Waals surface area contributed by atoms with Gasteiger partial charge >= 0.3 is 49.7 Å². The Morgan fingerprint density at radius 1 is 1.11 bits per heavy atom. The number of carbonyl (C=O) groups is 2. The Morgan fingerprint density at radius 2 is 1.61 bits per heavy atom. The second-order valence-corrected chi connectivity index (χ2v) is 12.7. The van der Waals surface area contributed by atoms with Crippen LogP contribution in [0.4, 0.5) is 0 Å². The Bertz CT molecular complexity index is 467. The van der Waals surface area contributed by atoms with E-state index < -0.39 is 21.4 Å². The molecule has 0 heterocycles. The van der Waals surface area contributed by atoms with E-state index >= 15 is 0 Å². The Hall–Kier alpha value is -0.230. The molecule has 100 valence electrons. The van der Waals surface area contributed by atoms with Gasteiger partial charge in [0, 0.05) is 0 Å². The monoisotopic (exact) mass is 300 g/mol. The molecule has 1 aromatic carbocycles. The van der Waals surface area contributed by atoms with Crippen molar-refractivity contribution in [3.63, 3.8) is 0 Å². The van der Waals surface area contributed by atoms with Gasteiger partial charge in [0.25, 0.3) is 0 Å². The molecule has 0 saturated carbocycles. The van der Waals surface area contributed by atoms with Crippen LogP contribution in [0.5, 0.6) is 0 Å². The van der Waals surface area contributed by atoms with Gasteiger partial charge in [-0.25, -0.2) is 9.59 Å². The number of carboxylic acid groups (broad SMARTS) is 1. The number of hydrogen-bond acceptors (Lipinski definition) is 3. The number of carbonyl (C=O) groups excluding carboxylic acids is 1. The molecule has 0 aliphatic rings. The van der Waals surface area contributed by atoms with E-state index in [-0.39, 0.29) is 48.9 Å². The third-order valence-electron chi connectivity index (χ3n) is 1.79. The van der Waals surface area contributed by atoms with Crippen molar-refractivity contribution in [2.75, 3.05) is 25.0 Å². The summed E-state index contributed by atoms with van der Waals surface area (Å²) in [5, 5.41) is 8.83. The maximum absolute atomic E-state index is 11.9. The topological polar surface area (TPSA) is 63.6 Å². The molecular weight excluding hydrogens is 280 g/mol. The summed E-state index contributed by atoms with van der Waals surface area (Å²) >= 11 is 0. The SMILES string of the molecule is C[SH](C)(C)(C)OC(=O)c1cccc(C(=O)O)c1.[CaH2]. The second-order valence-electron chi connectivity index (χ2n) is 5.68. The Balaban J connectivity index is 0.00000289. The molecule has 0 atom stereocenters. The third-order valence-corrected chi connectivity index (χ3v) is 2.69. The molecule has 6 heteroatoms. The molecular formula is C12H20CaO4S. The third kappa shape index (κ3) is 6.09. The molecule has 0 radical (unpaired) electrons. The fourth-order valence-corrected chi connectivity index (χ4v) is 1.93. The van der Waals surface area contributed by atoms with Crippen molar-refractivity contribution in [2.24, 2.45) is 0 Å². The first-order valence-corrected chi connectivity index (χ1v) is 9.07. The number of rotatable bonds is 3. The van der Waals surface area contributed by atoms with Crippen LogP contribution in [0, 0.1) is 0 Å². The van der Waals surface area contributed by atoms with Gasteiger partial charge in [-0.2, -0.15) is 9.44 Å². The van der Waals surface area contributed by atoms with Crippen molar-refractivity contribution in [3.8, 4) is 0 Å². The maximum atomic E-state index is 11.9. The summed E-state index contributed by atoms with van der Waals surface area (Å²) in [6.45, 7) is 0. The summed E-state index contributed by atoms with van der Waals surface area (Å²) in [7, 11) is -2.41. The van der Waals surface area contributed by atoms with E-state index in [0.29, 0.717) is 0 Å². The van der Waals surface area contributed by atoms with Crippen LogP contribution in [-0.4, -0.2) is 79.8 Å². The number of thiol groups is 1. The van der Waals surface area contributed by atoms with E-state index in [1.165, 1.54) is 18.2 Å². The van der Waals surface area contributed by atoms with Crippen LogP contribution in [0.25, 0.3) is 0 Å². The predicted molar refractivity (Wildman–Crippen MR) is 80.0 cm³/mol. The second kappa shape index (κ2) is 5.82. The summed E-state index contributed by atoms with van der Waals surface area (Å²) < 4.78 is 5.44. The van der Waals surface area contributed by atoms with Gasteiger partial charge in [0.2, 0.25) is 0 Å². The Morgan fingerprint density at radius 3 is 2.06 bits per heavy atom. The van der Waals surface area contributed by atoms with E-state index in [9.17, 15) is 9.59 Å².